The van der Waals surface area contributed by atoms with Crippen molar-refractivity contribution in [3.05, 3.63) is 71.8 Å². The molecule has 0 bridgehead atoms. The molecule has 2 atom stereocenters. The SMILES string of the molecule is OC(C[NH+](CCc1ccccc1)C1CCCCC1)c1ccccc1.[Cl-]. The molecule has 2 unspecified atom stereocenters. The van der Waals surface area contributed by atoms with E-state index in [0.29, 0.717) is 6.04 Å². The number of quaternary nitrogens is 1. The third-order valence-corrected chi connectivity index (χ3v) is 5.40. The van der Waals surface area contributed by atoms with Gasteiger partial charge in [-0.1, -0.05) is 67.1 Å². The van der Waals surface area contributed by atoms with Gasteiger partial charge < -0.3 is 22.4 Å². The molecule has 1 fully saturated rings. The molecule has 0 saturated heterocycles. The van der Waals surface area contributed by atoms with Gasteiger partial charge in [0.05, 0.1) is 12.6 Å². The summed E-state index contributed by atoms with van der Waals surface area (Å²) in [5.74, 6) is 0. The summed E-state index contributed by atoms with van der Waals surface area (Å²) in [7, 11) is 0. The first-order valence-electron chi connectivity index (χ1n) is 9.44. The highest BCUT2D eigenvalue weighted by Crippen LogP contribution is 2.17. The van der Waals surface area contributed by atoms with Crippen molar-refractivity contribution in [2.24, 2.45) is 0 Å². The van der Waals surface area contributed by atoms with Gasteiger partial charge in [0.2, 0.25) is 0 Å². The van der Waals surface area contributed by atoms with E-state index < -0.39 is 0 Å². The number of aliphatic hydroxyl groups excluding tert-OH is 1. The number of nitrogens with one attached hydrogen (secondary N) is 1. The minimum atomic E-state index is -0.362. The molecule has 2 N–H and O–H groups in total. The van der Waals surface area contributed by atoms with Crippen LogP contribution in [-0.4, -0.2) is 24.2 Å². The van der Waals surface area contributed by atoms with Crippen LogP contribution in [0.2, 0.25) is 0 Å². The number of rotatable bonds is 7. The Morgan fingerprint density at radius 1 is 0.880 bits per heavy atom. The fourth-order valence-corrected chi connectivity index (χ4v) is 3.97. The molecule has 0 spiro atoms. The Hall–Kier alpha value is -1.35. The lowest BCUT2D eigenvalue weighted by molar-refractivity contribution is -0.930. The molecule has 136 valence electrons. The van der Waals surface area contributed by atoms with Gasteiger partial charge in [-0.2, -0.15) is 0 Å². The minimum Gasteiger partial charge on any atom is -1.00 e. The van der Waals surface area contributed by atoms with Gasteiger partial charge in [0.15, 0.2) is 0 Å². The summed E-state index contributed by atoms with van der Waals surface area (Å²) >= 11 is 0. The number of benzene rings is 2. The van der Waals surface area contributed by atoms with Crippen LogP contribution in [0.5, 0.6) is 0 Å². The molecular formula is C22H30ClNO. The third kappa shape index (κ3) is 6.14. The minimum absolute atomic E-state index is 0. The Kier molecular flexibility index (Phi) is 8.47. The molecule has 0 heterocycles. The van der Waals surface area contributed by atoms with Crippen LogP contribution in [0, 0.1) is 0 Å². The molecule has 0 aromatic heterocycles. The maximum Gasteiger partial charge on any atom is 0.128 e. The van der Waals surface area contributed by atoms with Gasteiger partial charge in [-0.05, 0) is 36.8 Å². The highest BCUT2D eigenvalue weighted by molar-refractivity contribution is 5.17. The Bertz CT molecular complexity index is 583. The first kappa shape index (κ1) is 20.0. The fourth-order valence-electron chi connectivity index (χ4n) is 3.97. The van der Waals surface area contributed by atoms with Crippen LogP contribution in [0.4, 0.5) is 0 Å². The molecule has 25 heavy (non-hydrogen) atoms. The van der Waals surface area contributed by atoms with Crippen LogP contribution in [-0.2, 0) is 6.42 Å². The number of aliphatic hydroxyl groups is 1. The van der Waals surface area contributed by atoms with E-state index in [0.717, 1.165) is 25.1 Å². The molecule has 2 nitrogen and oxygen atoms in total. The van der Waals surface area contributed by atoms with Crippen molar-refractivity contribution in [2.45, 2.75) is 50.7 Å². The number of halogens is 1. The normalized spacial score (nSPS) is 17.5. The molecule has 0 radical (unpaired) electrons. The lowest BCUT2D eigenvalue weighted by Gasteiger charge is -2.33. The summed E-state index contributed by atoms with van der Waals surface area (Å²) in [5.41, 5.74) is 2.45. The third-order valence-electron chi connectivity index (χ3n) is 5.40. The lowest BCUT2D eigenvalue weighted by atomic mass is 9.93. The maximum atomic E-state index is 10.7. The van der Waals surface area contributed by atoms with Crippen molar-refractivity contribution >= 4 is 0 Å². The molecule has 1 saturated carbocycles. The second-order valence-corrected chi connectivity index (χ2v) is 7.11. The van der Waals surface area contributed by atoms with Gasteiger partial charge in [0, 0.05) is 6.42 Å². The Morgan fingerprint density at radius 2 is 1.48 bits per heavy atom. The Morgan fingerprint density at radius 3 is 2.12 bits per heavy atom. The average Bonchev–Trinajstić information content (AvgIpc) is 2.67. The quantitative estimate of drug-likeness (QED) is 0.724. The van der Waals surface area contributed by atoms with Gasteiger partial charge in [-0.3, -0.25) is 0 Å². The topological polar surface area (TPSA) is 24.7 Å². The van der Waals surface area contributed by atoms with Crippen LogP contribution in [0.15, 0.2) is 60.7 Å². The van der Waals surface area contributed by atoms with Crippen molar-refractivity contribution in [3.8, 4) is 0 Å². The zero-order valence-electron chi connectivity index (χ0n) is 14.9. The summed E-state index contributed by atoms with van der Waals surface area (Å²) in [6.45, 7) is 1.93. The van der Waals surface area contributed by atoms with Crippen molar-refractivity contribution < 1.29 is 22.4 Å². The second-order valence-electron chi connectivity index (χ2n) is 7.11. The molecule has 1 aliphatic carbocycles. The lowest BCUT2D eigenvalue weighted by Crippen LogP contribution is -3.16. The molecule has 2 aromatic rings. The first-order chi connectivity index (χ1) is 11.8. The molecule has 0 aliphatic heterocycles. The standard InChI is InChI=1S/C22H29NO.ClH/c24-22(20-12-6-2-7-13-20)18-23(21-14-8-3-9-15-21)17-16-19-10-4-1-5-11-19;/h1-2,4-7,10-13,21-22,24H,3,8-9,14-18H2;1H. The van der Waals surface area contributed by atoms with E-state index in [1.165, 1.54) is 37.7 Å². The van der Waals surface area contributed by atoms with Crippen LogP contribution < -0.4 is 17.3 Å². The van der Waals surface area contributed by atoms with E-state index >= 15 is 0 Å². The monoisotopic (exact) mass is 359 g/mol. The average molecular weight is 360 g/mol. The van der Waals surface area contributed by atoms with E-state index in [-0.39, 0.29) is 18.5 Å². The van der Waals surface area contributed by atoms with Crippen LogP contribution in [0.25, 0.3) is 0 Å². The van der Waals surface area contributed by atoms with E-state index in [9.17, 15) is 5.11 Å². The number of hydrogen-bond donors (Lipinski definition) is 2. The molecule has 0 amide bonds. The summed E-state index contributed by atoms with van der Waals surface area (Å²) in [6.07, 6.45) is 7.43. The maximum absolute atomic E-state index is 10.7. The van der Waals surface area contributed by atoms with Gasteiger partial charge in [-0.25, -0.2) is 0 Å². The predicted octanol–water partition coefficient (Wildman–Crippen LogP) is 0.184. The van der Waals surface area contributed by atoms with Crippen LogP contribution in [0.1, 0.15) is 49.3 Å². The molecule has 3 heteroatoms. The smallest absolute Gasteiger partial charge is 0.128 e. The molecule has 1 aliphatic rings. The van der Waals surface area contributed by atoms with Gasteiger partial charge in [-0.15, -0.1) is 0 Å². The van der Waals surface area contributed by atoms with Crippen LogP contribution in [0.3, 0.4) is 0 Å². The summed E-state index contributed by atoms with van der Waals surface area (Å²) in [5, 5.41) is 10.7. The first-order valence-corrected chi connectivity index (χ1v) is 9.44. The van der Waals surface area contributed by atoms with E-state index in [1.807, 2.05) is 30.3 Å². The fraction of sp³-hybridized carbons (Fsp3) is 0.455. The van der Waals surface area contributed by atoms with E-state index in [2.05, 4.69) is 30.3 Å². The van der Waals surface area contributed by atoms with Crippen molar-refractivity contribution in [1.29, 1.82) is 0 Å². The number of hydrogen-bond acceptors (Lipinski definition) is 1. The predicted molar refractivity (Wildman–Crippen MR) is 99.1 cm³/mol. The van der Waals surface area contributed by atoms with Crippen molar-refractivity contribution in [1.82, 2.24) is 0 Å². The highest BCUT2D eigenvalue weighted by atomic mass is 35.5. The molecular weight excluding hydrogens is 330 g/mol. The summed E-state index contributed by atoms with van der Waals surface area (Å²) in [6, 6.07) is 21.6. The van der Waals surface area contributed by atoms with Gasteiger partial charge in [0.1, 0.15) is 12.6 Å². The van der Waals surface area contributed by atoms with E-state index in [1.54, 1.807) is 4.90 Å². The van der Waals surface area contributed by atoms with Crippen molar-refractivity contribution in [2.75, 3.05) is 13.1 Å². The second kappa shape index (κ2) is 10.6. The zero-order valence-corrected chi connectivity index (χ0v) is 15.7. The molecule has 3 rings (SSSR count). The van der Waals surface area contributed by atoms with E-state index in [4.69, 9.17) is 0 Å². The van der Waals surface area contributed by atoms with Gasteiger partial charge >= 0.3 is 0 Å². The van der Waals surface area contributed by atoms with Crippen molar-refractivity contribution in [3.63, 3.8) is 0 Å². The summed E-state index contributed by atoms with van der Waals surface area (Å²) < 4.78 is 0. The Labute approximate surface area is 158 Å². The largest absolute Gasteiger partial charge is 1.00 e. The zero-order chi connectivity index (χ0) is 16.6. The Balaban J connectivity index is 0.00000225. The van der Waals surface area contributed by atoms with Gasteiger partial charge in [0.25, 0.3) is 0 Å². The molecule has 2 aromatic carbocycles. The highest BCUT2D eigenvalue weighted by Gasteiger charge is 2.26. The van der Waals surface area contributed by atoms with Crippen LogP contribution >= 0.6 is 0 Å². The summed E-state index contributed by atoms with van der Waals surface area (Å²) in [4.78, 5) is 1.58.